The number of anilines is 1. The molecule has 0 bridgehead atoms. The molecule has 2 aromatic heterocycles. The Balaban J connectivity index is 1.62. The van der Waals surface area contributed by atoms with E-state index in [9.17, 15) is 5.11 Å². The van der Waals surface area contributed by atoms with Crippen LogP contribution >= 0.6 is 11.3 Å². The fourth-order valence-corrected chi connectivity index (χ4v) is 5.27. The quantitative estimate of drug-likeness (QED) is 0.409. The van der Waals surface area contributed by atoms with Crippen molar-refractivity contribution in [2.24, 2.45) is 16.4 Å². The summed E-state index contributed by atoms with van der Waals surface area (Å²) >= 11 is 1.78. The number of aryl methyl sites for hydroxylation is 1. The summed E-state index contributed by atoms with van der Waals surface area (Å²) in [6.07, 6.45) is 7.88. The average molecular weight is 425 g/mol. The van der Waals surface area contributed by atoms with E-state index in [1.807, 2.05) is 0 Å². The average Bonchev–Trinajstić information content (AvgIpc) is 3.13. The number of thiophene rings is 1. The molecule has 0 radical (unpaired) electrons. The molecule has 0 unspecified atom stereocenters. The number of nitrogens with zero attached hydrogens (tertiary/aromatic N) is 3. The van der Waals surface area contributed by atoms with Crippen molar-refractivity contribution < 1.29 is 9.84 Å². The van der Waals surface area contributed by atoms with Crippen molar-refractivity contribution in [1.29, 1.82) is 0 Å². The van der Waals surface area contributed by atoms with Crippen molar-refractivity contribution in [3.05, 3.63) is 40.5 Å². The fourth-order valence-electron chi connectivity index (χ4n) is 4.09. The van der Waals surface area contributed by atoms with Crippen LogP contribution in [0.25, 0.3) is 10.2 Å². The largest absolute Gasteiger partial charge is 0.504 e. The summed E-state index contributed by atoms with van der Waals surface area (Å²) in [6, 6.07) is 5.11. The molecule has 1 aromatic carbocycles. The Morgan fingerprint density at radius 3 is 2.97 bits per heavy atom. The minimum Gasteiger partial charge on any atom is -0.504 e. The van der Waals surface area contributed by atoms with Gasteiger partial charge < -0.3 is 9.84 Å². The highest BCUT2D eigenvalue weighted by Gasteiger charge is 2.33. The molecule has 7 heteroatoms. The Morgan fingerprint density at radius 1 is 1.37 bits per heavy atom. The van der Waals surface area contributed by atoms with E-state index in [1.54, 1.807) is 42.1 Å². The Bertz CT molecular complexity index is 1090. The van der Waals surface area contributed by atoms with Crippen molar-refractivity contribution in [3.8, 4) is 11.5 Å². The van der Waals surface area contributed by atoms with Gasteiger partial charge >= 0.3 is 0 Å². The molecule has 1 atom stereocenters. The van der Waals surface area contributed by atoms with Gasteiger partial charge in [-0.15, -0.1) is 11.3 Å². The van der Waals surface area contributed by atoms with E-state index in [-0.39, 0.29) is 5.75 Å². The smallest absolute Gasteiger partial charge is 0.161 e. The van der Waals surface area contributed by atoms with Crippen molar-refractivity contribution >= 4 is 33.6 Å². The minimum absolute atomic E-state index is 0.106. The molecule has 0 aliphatic heterocycles. The van der Waals surface area contributed by atoms with Crippen LogP contribution in [0.2, 0.25) is 0 Å². The van der Waals surface area contributed by atoms with Crippen molar-refractivity contribution in [1.82, 2.24) is 9.97 Å². The number of phenols is 1. The molecule has 6 nitrogen and oxygen atoms in total. The summed E-state index contributed by atoms with van der Waals surface area (Å²) < 4.78 is 5.16. The highest BCUT2D eigenvalue weighted by atomic mass is 32.1. The van der Waals surface area contributed by atoms with Crippen LogP contribution in [0.5, 0.6) is 11.5 Å². The predicted octanol–water partition coefficient (Wildman–Crippen LogP) is 5.39. The number of phenolic OH excluding ortho intramolecular Hbond substituents is 1. The van der Waals surface area contributed by atoms with E-state index in [2.05, 4.69) is 41.3 Å². The zero-order valence-electron chi connectivity index (χ0n) is 17.9. The Hall–Kier alpha value is -2.67. The standard InChI is InChI=1S/C23H28N4O2S/c1-5-23(2,3)15-7-9-19-16(11-15)20-21(24-13-25-22(20)30-19)27-26-12-14-6-8-17(28)18(10-14)29-4/h6,8,10,12-13,15,28H,5,7,9,11H2,1-4H3,(H,24,25,27)/b26-12-/t15-/m1/s1. The molecule has 30 heavy (non-hydrogen) atoms. The second-order valence-corrected chi connectivity index (χ2v) is 9.57. The summed E-state index contributed by atoms with van der Waals surface area (Å²) in [6.45, 7) is 7.04. The highest BCUT2D eigenvalue weighted by molar-refractivity contribution is 7.19. The fraction of sp³-hybridized carbons (Fsp3) is 0.435. The van der Waals surface area contributed by atoms with Gasteiger partial charge in [0.15, 0.2) is 17.3 Å². The monoisotopic (exact) mass is 424 g/mol. The third kappa shape index (κ3) is 3.86. The van der Waals surface area contributed by atoms with Gasteiger partial charge in [-0.25, -0.2) is 9.97 Å². The van der Waals surface area contributed by atoms with Gasteiger partial charge in [-0.05, 0) is 59.9 Å². The molecule has 158 valence electrons. The first kappa shape index (κ1) is 20.6. The topological polar surface area (TPSA) is 79.6 Å². The molecular formula is C23H28N4O2S. The highest BCUT2D eigenvalue weighted by Crippen LogP contribution is 2.45. The van der Waals surface area contributed by atoms with E-state index in [1.165, 1.54) is 30.4 Å². The summed E-state index contributed by atoms with van der Waals surface area (Å²) in [7, 11) is 1.53. The number of nitrogens with one attached hydrogen (secondary N) is 1. The number of hydrogen-bond acceptors (Lipinski definition) is 7. The number of aromatic hydroxyl groups is 1. The molecule has 0 saturated heterocycles. The third-order valence-electron chi connectivity index (χ3n) is 6.45. The zero-order valence-corrected chi connectivity index (χ0v) is 18.7. The van der Waals surface area contributed by atoms with Gasteiger partial charge in [0.25, 0.3) is 0 Å². The van der Waals surface area contributed by atoms with Crippen LogP contribution in [0.15, 0.2) is 29.6 Å². The van der Waals surface area contributed by atoms with E-state index in [0.717, 1.165) is 34.4 Å². The molecule has 3 aromatic rings. The summed E-state index contributed by atoms with van der Waals surface area (Å²) in [4.78, 5) is 11.5. The maximum atomic E-state index is 9.74. The van der Waals surface area contributed by atoms with Crippen molar-refractivity contribution in [2.45, 2.75) is 46.5 Å². The molecule has 0 saturated carbocycles. The first-order valence-electron chi connectivity index (χ1n) is 10.3. The van der Waals surface area contributed by atoms with Gasteiger partial charge in [0.05, 0.1) is 18.7 Å². The molecule has 0 spiro atoms. The van der Waals surface area contributed by atoms with Crippen LogP contribution in [-0.4, -0.2) is 28.4 Å². The lowest BCUT2D eigenvalue weighted by atomic mass is 9.69. The van der Waals surface area contributed by atoms with Crippen LogP contribution in [0.4, 0.5) is 5.82 Å². The molecule has 1 aliphatic rings. The van der Waals surface area contributed by atoms with Crippen molar-refractivity contribution in [3.63, 3.8) is 0 Å². The Morgan fingerprint density at radius 2 is 2.20 bits per heavy atom. The number of ether oxygens (including phenoxy) is 1. The maximum absolute atomic E-state index is 9.74. The molecule has 0 amide bonds. The van der Waals surface area contributed by atoms with Crippen molar-refractivity contribution in [2.75, 3.05) is 12.5 Å². The SMILES string of the molecule is CCC(C)(C)[C@@H]1CCc2sc3ncnc(N/N=C\c4ccc(O)c(OC)c4)c3c2C1. The van der Waals surface area contributed by atoms with Crippen LogP contribution in [0.3, 0.4) is 0 Å². The molecule has 4 rings (SSSR count). The molecule has 1 aliphatic carbocycles. The number of aromatic nitrogens is 2. The molecule has 2 N–H and O–H groups in total. The lowest BCUT2D eigenvalue weighted by molar-refractivity contribution is 0.184. The maximum Gasteiger partial charge on any atom is 0.161 e. The summed E-state index contributed by atoms with van der Waals surface area (Å²) in [5, 5.41) is 15.2. The summed E-state index contributed by atoms with van der Waals surface area (Å²) in [5.41, 5.74) is 5.64. The normalized spacial score (nSPS) is 16.7. The van der Waals surface area contributed by atoms with E-state index in [4.69, 9.17) is 4.74 Å². The second kappa shape index (κ2) is 8.22. The van der Waals surface area contributed by atoms with Gasteiger partial charge in [0.2, 0.25) is 0 Å². The number of methoxy groups -OCH3 is 1. The van der Waals surface area contributed by atoms with E-state index < -0.39 is 0 Å². The van der Waals surface area contributed by atoms with Crippen LogP contribution < -0.4 is 10.2 Å². The van der Waals surface area contributed by atoms with Crippen LogP contribution in [0, 0.1) is 11.3 Å². The van der Waals surface area contributed by atoms with Gasteiger partial charge in [0.1, 0.15) is 11.2 Å². The minimum atomic E-state index is 0.106. The summed E-state index contributed by atoms with van der Waals surface area (Å²) in [5.74, 6) is 1.93. The van der Waals surface area contributed by atoms with E-state index >= 15 is 0 Å². The van der Waals surface area contributed by atoms with Gasteiger partial charge in [-0.3, -0.25) is 5.43 Å². The van der Waals surface area contributed by atoms with Crippen LogP contribution in [-0.2, 0) is 12.8 Å². The van der Waals surface area contributed by atoms with Gasteiger partial charge in [-0.1, -0.05) is 27.2 Å². The van der Waals surface area contributed by atoms with Gasteiger partial charge in [-0.2, -0.15) is 5.10 Å². The lowest BCUT2D eigenvalue weighted by Crippen LogP contribution is -2.28. The molecule has 0 fully saturated rings. The molecule has 2 heterocycles. The third-order valence-corrected chi connectivity index (χ3v) is 7.65. The van der Waals surface area contributed by atoms with Gasteiger partial charge in [0, 0.05) is 4.88 Å². The van der Waals surface area contributed by atoms with E-state index in [0.29, 0.717) is 17.1 Å². The van der Waals surface area contributed by atoms with Crippen LogP contribution in [0.1, 0.15) is 49.6 Å². The number of fused-ring (bicyclic) bond motifs is 3. The first-order valence-corrected chi connectivity index (χ1v) is 11.2. The zero-order chi connectivity index (χ0) is 21.3. The number of rotatable bonds is 6. The Labute approximate surface area is 181 Å². The predicted molar refractivity (Wildman–Crippen MR) is 123 cm³/mol. The number of hydrogen-bond donors (Lipinski definition) is 2. The molecular weight excluding hydrogens is 396 g/mol. The number of hydrazone groups is 1. The number of benzene rings is 1. The Kier molecular flexibility index (Phi) is 5.64. The lowest BCUT2D eigenvalue weighted by Gasteiger charge is -2.36. The first-order chi connectivity index (χ1) is 14.4. The second-order valence-electron chi connectivity index (χ2n) is 8.49.